The zero-order valence-corrected chi connectivity index (χ0v) is 10.9. The predicted molar refractivity (Wildman–Crippen MR) is 70.4 cm³/mol. The third-order valence-electron chi connectivity index (χ3n) is 4.24. The van der Waals surface area contributed by atoms with Gasteiger partial charge in [-0.3, -0.25) is 4.79 Å². The minimum Gasteiger partial charge on any atom is -0.340 e. The molecule has 4 nitrogen and oxygen atoms in total. The molecule has 2 fully saturated rings. The van der Waals surface area contributed by atoms with Crippen molar-refractivity contribution < 1.29 is 4.79 Å². The fourth-order valence-electron chi connectivity index (χ4n) is 2.69. The van der Waals surface area contributed by atoms with Crippen LogP contribution in [0.3, 0.4) is 0 Å². The summed E-state index contributed by atoms with van der Waals surface area (Å²) in [5, 5.41) is 0. The molecule has 0 aromatic carbocycles. The van der Waals surface area contributed by atoms with Crippen molar-refractivity contribution in [1.29, 1.82) is 0 Å². The molecule has 2 heterocycles. The van der Waals surface area contributed by atoms with Gasteiger partial charge in [0.25, 0.3) is 5.91 Å². The first-order valence-corrected chi connectivity index (χ1v) is 6.88. The molecule has 1 aliphatic carbocycles. The summed E-state index contributed by atoms with van der Waals surface area (Å²) in [6, 6.07) is 4.57. The summed E-state index contributed by atoms with van der Waals surface area (Å²) in [7, 11) is 0. The summed E-state index contributed by atoms with van der Waals surface area (Å²) in [4.78, 5) is 14.4. The molecule has 0 radical (unpaired) electrons. The Balaban J connectivity index is 1.75. The van der Waals surface area contributed by atoms with Crippen LogP contribution in [0, 0.1) is 5.92 Å². The first-order chi connectivity index (χ1) is 8.66. The molecule has 18 heavy (non-hydrogen) atoms. The number of rotatable bonds is 2. The van der Waals surface area contributed by atoms with Gasteiger partial charge in [0, 0.05) is 31.4 Å². The van der Waals surface area contributed by atoms with Crippen LogP contribution in [0.1, 0.15) is 42.7 Å². The van der Waals surface area contributed by atoms with Gasteiger partial charge in [0.1, 0.15) is 5.69 Å². The van der Waals surface area contributed by atoms with Gasteiger partial charge in [-0.05, 0) is 37.3 Å². The second kappa shape index (κ2) is 4.43. The van der Waals surface area contributed by atoms with E-state index in [1.807, 2.05) is 23.2 Å². The van der Waals surface area contributed by atoms with Crippen molar-refractivity contribution in [1.82, 2.24) is 9.47 Å². The fraction of sp³-hybridized carbons (Fsp3) is 0.643. The summed E-state index contributed by atoms with van der Waals surface area (Å²) >= 11 is 0. The second-order valence-corrected chi connectivity index (χ2v) is 5.71. The van der Waals surface area contributed by atoms with Crippen LogP contribution < -0.4 is 5.73 Å². The standard InChI is InChI=1S/C14H21N3O/c1-10-6-8-16(9-12(10)15)14(18)13-3-2-7-17(13)11-4-5-11/h2-3,7,10-12H,4-6,8-9,15H2,1H3. The molecule has 0 spiro atoms. The summed E-state index contributed by atoms with van der Waals surface area (Å²) < 4.78 is 2.13. The molecular formula is C14H21N3O. The molecule has 1 saturated carbocycles. The highest BCUT2D eigenvalue weighted by atomic mass is 16.2. The summed E-state index contributed by atoms with van der Waals surface area (Å²) in [5.41, 5.74) is 6.90. The van der Waals surface area contributed by atoms with E-state index in [1.54, 1.807) is 0 Å². The smallest absolute Gasteiger partial charge is 0.270 e. The van der Waals surface area contributed by atoms with E-state index >= 15 is 0 Å². The third-order valence-corrected chi connectivity index (χ3v) is 4.24. The maximum absolute atomic E-state index is 12.5. The number of hydrogen-bond acceptors (Lipinski definition) is 2. The summed E-state index contributed by atoms with van der Waals surface area (Å²) in [6.07, 6.45) is 5.44. The molecule has 1 aliphatic heterocycles. The lowest BCUT2D eigenvalue weighted by Crippen LogP contribution is -2.50. The highest BCUT2D eigenvalue weighted by molar-refractivity contribution is 5.93. The Morgan fingerprint density at radius 3 is 2.83 bits per heavy atom. The molecule has 98 valence electrons. The molecule has 1 saturated heterocycles. The predicted octanol–water partition coefficient (Wildman–Crippen LogP) is 1.63. The largest absolute Gasteiger partial charge is 0.340 e. The highest BCUT2D eigenvalue weighted by Crippen LogP contribution is 2.36. The lowest BCUT2D eigenvalue weighted by molar-refractivity contribution is 0.0661. The summed E-state index contributed by atoms with van der Waals surface area (Å²) in [6.45, 7) is 3.69. The SMILES string of the molecule is CC1CCN(C(=O)c2cccn2C2CC2)CC1N. The van der Waals surface area contributed by atoms with Crippen molar-refractivity contribution in [2.45, 2.75) is 38.3 Å². The van der Waals surface area contributed by atoms with Gasteiger partial charge >= 0.3 is 0 Å². The number of nitrogens with two attached hydrogens (primary N) is 1. The molecule has 2 atom stereocenters. The molecule has 4 heteroatoms. The Morgan fingerprint density at radius 1 is 1.39 bits per heavy atom. The minimum absolute atomic E-state index is 0.118. The van der Waals surface area contributed by atoms with Crippen LogP contribution in [0.15, 0.2) is 18.3 Å². The Hall–Kier alpha value is -1.29. The molecule has 2 aliphatic rings. The Morgan fingerprint density at radius 2 is 2.17 bits per heavy atom. The maximum atomic E-state index is 12.5. The number of carbonyl (C=O) groups is 1. The van der Waals surface area contributed by atoms with Crippen LogP contribution in [0.2, 0.25) is 0 Å². The number of likely N-dealkylation sites (tertiary alicyclic amines) is 1. The molecule has 1 amide bonds. The quantitative estimate of drug-likeness (QED) is 0.863. The van der Waals surface area contributed by atoms with Crippen molar-refractivity contribution in [3.05, 3.63) is 24.0 Å². The first kappa shape index (κ1) is 11.8. The average molecular weight is 247 g/mol. The van der Waals surface area contributed by atoms with Gasteiger partial charge in [0.2, 0.25) is 0 Å². The molecule has 0 bridgehead atoms. The minimum atomic E-state index is 0.118. The van der Waals surface area contributed by atoms with Gasteiger partial charge in [-0.25, -0.2) is 0 Å². The molecular weight excluding hydrogens is 226 g/mol. The Labute approximate surface area is 108 Å². The van der Waals surface area contributed by atoms with Crippen LogP contribution in [0.5, 0.6) is 0 Å². The van der Waals surface area contributed by atoms with Gasteiger partial charge in [0.15, 0.2) is 0 Å². The van der Waals surface area contributed by atoms with E-state index in [4.69, 9.17) is 5.73 Å². The van der Waals surface area contributed by atoms with Crippen molar-refractivity contribution in [2.75, 3.05) is 13.1 Å². The number of carbonyl (C=O) groups excluding carboxylic acids is 1. The number of amides is 1. The van der Waals surface area contributed by atoms with Gasteiger partial charge in [-0.15, -0.1) is 0 Å². The van der Waals surface area contributed by atoms with E-state index in [-0.39, 0.29) is 11.9 Å². The van der Waals surface area contributed by atoms with Gasteiger partial charge < -0.3 is 15.2 Å². The molecule has 1 aromatic heterocycles. The number of nitrogens with zero attached hydrogens (tertiary/aromatic N) is 2. The topological polar surface area (TPSA) is 51.3 Å². The highest BCUT2D eigenvalue weighted by Gasteiger charge is 2.31. The van der Waals surface area contributed by atoms with Gasteiger partial charge in [-0.2, -0.15) is 0 Å². The van der Waals surface area contributed by atoms with Crippen molar-refractivity contribution in [3.8, 4) is 0 Å². The van der Waals surface area contributed by atoms with Crippen LogP contribution in [-0.2, 0) is 0 Å². The van der Waals surface area contributed by atoms with Crippen LogP contribution in [-0.4, -0.2) is 34.5 Å². The van der Waals surface area contributed by atoms with Crippen molar-refractivity contribution in [2.24, 2.45) is 11.7 Å². The number of aromatic nitrogens is 1. The monoisotopic (exact) mass is 247 g/mol. The molecule has 3 rings (SSSR count). The number of piperidine rings is 1. The fourth-order valence-corrected chi connectivity index (χ4v) is 2.69. The van der Waals surface area contributed by atoms with Crippen LogP contribution in [0.25, 0.3) is 0 Å². The van der Waals surface area contributed by atoms with E-state index in [9.17, 15) is 4.79 Å². The Kier molecular flexibility index (Phi) is 2.90. The van der Waals surface area contributed by atoms with Crippen molar-refractivity contribution in [3.63, 3.8) is 0 Å². The number of hydrogen-bond donors (Lipinski definition) is 1. The zero-order chi connectivity index (χ0) is 12.7. The van der Waals surface area contributed by atoms with Gasteiger partial charge in [-0.1, -0.05) is 6.92 Å². The maximum Gasteiger partial charge on any atom is 0.270 e. The first-order valence-electron chi connectivity index (χ1n) is 6.88. The lowest BCUT2D eigenvalue weighted by Gasteiger charge is -2.35. The molecule has 1 aromatic rings. The van der Waals surface area contributed by atoms with E-state index in [2.05, 4.69) is 11.5 Å². The van der Waals surface area contributed by atoms with E-state index in [1.165, 1.54) is 12.8 Å². The van der Waals surface area contributed by atoms with Crippen molar-refractivity contribution >= 4 is 5.91 Å². The van der Waals surface area contributed by atoms with E-state index in [0.29, 0.717) is 18.5 Å². The molecule has 2 N–H and O–H groups in total. The van der Waals surface area contributed by atoms with E-state index < -0.39 is 0 Å². The van der Waals surface area contributed by atoms with E-state index in [0.717, 1.165) is 18.7 Å². The average Bonchev–Trinajstić information content (AvgIpc) is 3.09. The second-order valence-electron chi connectivity index (χ2n) is 5.71. The Bertz CT molecular complexity index is 450. The normalized spacial score (nSPS) is 28.4. The zero-order valence-electron chi connectivity index (χ0n) is 10.9. The summed E-state index contributed by atoms with van der Waals surface area (Å²) in [5.74, 6) is 0.665. The lowest BCUT2D eigenvalue weighted by atomic mass is 9.94. The van der Waals surface area contributed by atoms with Crippen LogP contribution in [0.4, 0.5) is 0 Å². The van der Waals surface area contributed by atoms with Gasteiger partial charge in [0.05, 0.1) is 0 Å². The molecule has 2 unspecified atom stereocenters. The third kappa shape index (κ3) is 2.05. The van der Waals surface area contributed by atoms with Crippen LogP contribution >= 0.6 is 0 Å².